The number of benzene rings is 2. The Morgan fingerprint density at radius 3 is 2.48 bits per heavy atom. The van der Waals surface area contributed by atoms with E-state index < -0.39 is 0 Å². The van der Waals surface area contributed by atoms with E-state index in [9.17, 15) is 4.79 Å². The van der Waals surface area contributed by atoms with Gasteiger partial charge in [-0.05, 0) is 42.3 Å². The summed E-state index contributed by atoms with van der Waals surface area (Å²) in [5.74, 6) is 1.00. The molecule has 4 rings (SSSR count). The maximum absolute atomic E-state index is 13.3. The molecular formula is C22H20N4O2S. The van der Waals surface area contributed by atoms with Crippen LogP contribution in [0.1, 0.15) is 18.2 Å². The van der Waals surface area contributed by atoms with Gasteiger partial charge in [0.15, 0.2) is 5.16 Å². The van der Waals surface area contributed by atoms with Gasteiger partial charge in [0, 0.05) is 11.8 Å². The fraction of sp³-hybridized carbons (Fsp3) is 0.182. The van der Waals surface area contributed by atoms with Crippen LogP contribution in [0, 0.1) is 0 Å². The molecule has 0 atom stereocenters. The fourth-order valence-electron chi connectivity index (χ4n) is 2.99. The molecule has 0 spiro atoms. The van der Waals surface area contributed by atoms with Crippen LogP contribution in [0.25, 0.3) is 16.6 Å². The van der Waals surface area contributed by atoms with Crippen molar-refractivity contribution in [2.45, 2.75) is 24.3 Å². The van der Waals surface area contributed by atoms with Gasteiger partial charge in [0.05, 0.1) is 29.4 Å². The first-order chi connectivity index (χ1) is 14.2. The average molecular weight is 404 g/mol. The van der Waals surface area contributed by atoms with Crippen molar-refractivity contribution < 1.29 is 4.74 Å². The van der Waals surface area contributed by atoms with E-state index in [-0.39, 0.29) is 5.56 Å². The van der Waals surface area contributed by atoms with Crippen LogP contribution in [0.4, 0.5) is 0 Å². The standard InChI is InChI=1S/C22H20N4O2S/c1-3-15-8-11-17(12-9-15)26-21(27)18-6-4-5-7-19(18)23-22(26)29-14-16-10-13-20(28-2)25-24-16/h4-13H,3,14H2,1-2H3. The number of hydrogen-bond acceptors (Lipinski definition) is 6. The van der Waals surface area contributed by atoms with Crippen LogP contribution < -0.4 is 10.3 Å². The largest absolute Gasteiger partial charge is 0.480 e. The van der Waals surface area contributed by atoms with Crippen LogP contribution in [0.2, 0.25) is 0 Å². The zero-order valence-corrected chi connectivity index (χ0v) is 17.0. The lowest BCUT2D eigenvalue weighted by molar-refractivity contribution is 0.391. The lowest BCUT2D eigenvalue weighted by Gasteiger charge is -2.13. The Balaban J connectivity index is 1.76. The Bertz CT molecular complexity index is 1190. The molecule has 0 N–H and O–H groups in total. The third kappa shape index (κ3) is 4.00. The average Bonchev–Trinajstić information content (AvgIpc) is 2.78. The smallest absolute Gasteiger partial charge is 0.266 e. The summed E-state index contributed by atoms with van der Waals surface area (Å²) < 4.78 is 6.72. The SMILES string of the molecule is CCc1ccc(-n2c(SCc3ccc(OC)nn3)nc3ccccc3c2=O)cc1. The monoisotopic (exact) mass is 404 g/mol. The van der Waals surface area contributed by atoms with Crippen molar-refractivity contribution in [3.63, 3.8) is 0 Å². The van der Waals surface area contributed by atoms with Crippen LogP contribution in [-0.2, 0) is 12.2 Å². The number of methoxy groups -OCH3 is 1. The van der Waals surface area contributed by atoms with E-state index in [2.05, 4.69) is 17.1 Å². The number of rotatable bonds is 6. The summed E-state index contributed by atoms with van der Waals surface area (Å²) >= 11 is 1.46. The summed E-state index contributed by atoms with van der Waals surface area (Å²) in [5.41, 5.74) is 3.41. The van der Waals surface area contributed by atoms with Crippen LogP contribution in [0.5, 0.6) is 5.88 Å². The van der Waals surface area contributed by atoms with Gasteiger partial charge in [0.1, 0.15) is 0 Å². The van der Waals surface area contributed by atoms with Crippen molar-refractivity contribution >= 4 is 22.7 Å². The van der Waals surface area contributed by atoms with Crippen molar-refractivity contribution in [2.24, 2.45) is 0 Å². The Morgan fingerprint density at radius 1 is 1.00 bits per heavy atom. The number of nitrogens with zero attached hydrogens (tertiary/aromatic N) is 4. The maximum atomic E-state index is 13.3. The van der Waals surface area contributed by atoms with Gasteiger partial charge in [0.2, 0.25) is 5.88 Å². The number of ether oxygens (including phenoxy) is 1. The number of aromatic nitrogens is 4. The summed E-state index contributed by atoms with van der Waals surface area (Å²) in [6.45, 7) is 2.11. The van der Waals surface area contributed by atoms with E-state index in [1.54, 1.807) is 17.7 Å². The van der Waals surface area contributed by atoms with Gasteiger partial charge in [-0.3, -0.25) is 9.36 Å². The number of aryl methyl sites for hydroxylation is 1. The minimum atomic E-state index is -0.0804. The lowest BCUT2D eigenvalue weighted by atomic mass is 10.1. The fourth-order valence-corrected chi connectivity index (χ4v) is 3.90. The molecule has 7 heteroatoms. The van der Waals surface area contributed by atoms with E-state index in [0.717, 1.165) is 17.8 Å². The van der Waals surface area contributed by atoms with E-state index >= 15 is 0 Å². The van der Waals surface area contributed by atoms with E-state index in [1.165, 1.54) is 17.3 Å². The zero-order valence-electron chi connectivity index (χ0n) is 16.2. The normalized spacial score (nSPS) is 11.0. The molecule has 29 heavy (non-hydrogen) atoms. The first-order valence-electron chi connectivity index (χ1n) is 9.30. The summed E-state index contributed by atoms with van der Waals surface area (Å²) in [6, 6.07) is 19.1. The van der Waals surface area contributed by atoms with Crippen LogP contribution in [0.15, 0.2) is 70.6 Å². The summed E-state index contributed by atoms with van der Waals surface area (Å²) in [7, 11) is 1.56. The summed E-state index contributed by atoms with van der Waals surface area (Å²) in [4.78, 5) is 18.0. The topological polar surface area (TPSA) is 69.9 Å². The Hall–Kier alpha value is -3.19. The van der Waals surface area contributed by atoms with Crippen molar-refractivity contribution in [1.29, 1.82) is 0 Å². The van der Waals surface area contributed by atoms with E-state index in [0.29, 0.717) is 27.7 Å². The van der Waals surface area contributed by atoms with Gasteiger partial charge in [-0.15, -0.1) is 5.10 Å². The highest BCUT2D eigenvalue weighted by atomic mass is 32.2. The first-order valence-corrected chi connectivity index (χ1v) is 10.3. The quantitative estimate of drug-likeness (QED) is 0.357. The number of fused-ring (bicyclic) bond motifs is 1. The Labute approximate surface area is 172 Å². The van der Waals surface area contributed by atoms with Crippen molar-refractivity contribution in [3.8, 4) is 11.6 Å². The molecule has 0 unspecified atom stereocenters. The molecule has 0 saturated heterocycles. The molecule has 0 amide bonds. The van der Waals surface area contributed by atoms with Gasteiger partial charge in [-0.25, -0.2) is 4.98 Å². The highest BCUT2D eigenvalue weighted by molar-refractivity contribution is 7.98. The van der Waals surface area contributed by atoms with Gasteiger partial charge in [0.25, 0.3) is 5.56 Å². The molecule has 2 aromatic carbocycles. The lowest BCUT2D eigenvalue weighted by Crippen LogP contribution is -2.21. The molecule has 0 saturated carbocycles. The highest BCUT2D eigenvalue weighted by Gasteiger charge is 2.14. The predicted molar refractivity (Wildman–Crippen MR) is 115 cm³/mol. The summed E-state index contributed by atoms with van der Waals surface area (Å²) in [5, 5.41) is 9.38. The predicted octanol–water partition coefficient (Wildman–Crippen LogP) is 4.04. The van der Waals surface area contributed by atoms with E-state index in [4.69, 9.17) is 9.72 Å². The second-order valence-electron chi connectivity index (χ2n) is 6.43. The Morgan fingerprint density at radius 2 is 1.79 bits per heavy atom. The second kappa shape index (κ2) is 8.45. The van der Waals surface area contributed by atoms with Gasteiger partial charge >= 0.3 is 0 Å². The van der Waals surface area contributed by atoms with Crippen molar-refractivity contribution in [3.05, 3.63) is 82.3 Å². The van der Waals surface area contributed by atoms with Crippen LogP contribution in [0.3, 0.4) is 0 Å². The molecule has 146 valence electrons. The molecule has 0 bridgehead atoms. The molecule has 6 nitrogen and oxygen atoms in total. The van der Waals surface area contributed by atoms with Crippen LogP contribution in [-0.4, -0.2) is 26.9 Å². The minimum Gasteiger partial charge on any atom is -0.480 e. The zero-order chi connectivity index (χ0) is 20.2. The van der Waals surface area contributed by atoms with Gasteiger partial charge < -0.3 is 4.74 Å². The molecule has 2 heterocycles. The third-order valence-electron chi connectivity index (χ3n) is 4.60. The maximum Gasteiger partial charge on any atom is 0.266 e. The number of para-hydroxylation sites is 1. The molecule has 4 aromatic rings. The molecule has 2 aromatic heterocycles. The van der Waals surface area contributed by atoms with Crippen molar-refractivity contribution in [2.75, 3.05) is 7.11 Å². The van der Waals surface area contributed by atoms with E-state index in [1.807, 2.05) is 54.6 Å². The highest BCUT2D eigenvalue weighted by Crippen LogP contribution is 2.24. The summed E-state index contributed by atoms with van der Waals surface area (Å²) in [6.07, 6.45) is 0.947. The second-order valence-corrected chi connectivity index (χ2v) is 7.37. The molecule has 0 aliphatic heterocycles. The first kappa shape index (κ1) is 19.1. The third-order valence-corrected chi connectivity index (χ3v) is 5.57. The molecule has 0 aliphatic carbocycles. The molecule has 0 fully saturated rings. The number of thioether (sulfide) groups is 1. The molecule has 0 aliphatic rings. The van der Waals surface area contributed by atoms with Crippen molar-refractivity contribution in [1.82, 2.24) is 19.7 Å². The van der Waals surface area contributed by atoms with Gasteiger partial charge in [-0.2, -0.15) is 5.10 Å². The van der Waals surface area contributed by atoms with Crippen LogP contribution >= 0.6 is 11.8 Å². The number of hydrogen-bond donors (Lipinski definition) is 0. The Kier molecular flexibility index (Phi) is 5.57. The minimum absolute atomic E-state index is 0.0804. The molecular weight excluding hydrogens is 384 g/mol. The van der Waals surface area contributed by atoms with Gasteiger partial charge in [-0.1, -0.05) is 43.0 Å². The molecule has 0 radical (unpaired) electrons.